The Morgan fingerprint density at radius 2 is 1.80 bits per heavy atom. The molecule has 2 rings (SSSR count). The maximum atomic E-state index is 12.2. The molecular weight excluding hydrogens is 296 g/mol. The van der Waals surface area contributed by atoms with Crippen molar-refractivity contribution in [1.82, 2.24) is 4.72 Å². The molecule has 0 heterocycles. The minimum absolute atomic E-state index is 0.178. The van der Waals surface area contributed by atoms with E-state index in [2.05, 4.69) is 4.72 Å². The summed E-state index contributed by atoms with van der Waals surface area (Å²) in [5, 5.41) is 0.493. The van der Waals surface area contributed by atoms with Gasteiger partial charge in [0.15, 0.2) is 0 Å². The van der Waals surface area contributed by atoms with Gasteiger partial charge in [0.1, 0.15) is 0 Å². The van der Waals surface area contributed by atoms with Crippen molar-refractivity contribution in [3.63, 3.8) is 0 Å². The lowest BCUT2D eigenvalue weighted by Crippen LogP contribution is -2.26. The van der Waals surface area contributed by atoms with Crippen LogP contribution in [0.3, 0.4) is 0 Å². The number of sulfonamides is 1. The average molecular weight is 311 g/mol. The van der Waals surface area contributed by atoms with E-state index >= 15 is 0 Å². The van der Waals surface area contributed by atoms with E-state index in [4.69, 9.17) is 17.3 Å². The van der Waals surface area contributed by atoms with Crippen LogP contribution in [0.15, 0.2) is 53.4 Å². The van der Waals surface area contributed by atoms with E-state index in [1.54, 1.807) is 37.3 Å². The summed E-state index contributed by atoms with van der Waals surface area (Å²) < 4.78 is 27.1. The molecule has 0 aromatic heterocycles. The molecule has 3 N–H and O–H groups in total. The Morgan fingerprint density at radius 3 is 2.40 bits per heavy atom. The van der Waals surface area contributed by atoms with Crippen LogP contribution in [0.5, 0.6) is 0 Å². The maximum absolute atomic E-state index is 12.2. The van der Waals surface area contributed by atoms with Gasteiger partial charge in [0.05, 0.1) is 4.90 Å². The van der Waals surface area contributed by atoms with Crippen LogP contribution in [-0.4, -0.2) is 8.42 Å². The zero-order valence-electron chi connectivity index (χ0n) is 10.9. The summed E-state index contributed by atoms with van der Waals surface area (Å²) in [6, 6.07) is 12.8. The Balaban J connectivity index is 2.22. The molecule has 0 saturated heterocycles. The number of benzene rings is 2. The van der Waals surface area contributed by atoms with Crippen molar-refractivity contribution < 1.29 is 8.42 Å². The predicted molar refractivity (Wildman–Crippen MR) is 81.0 cm³/mol. The molecule has 1 atom stereocenters. The predicted octanol–water partition coefficient (Wildman–Crippen LogP) is 2.96. The normalized spacial score (nSPS) is 13.1. The summed E-state index contributed by atoms with van der Waals surface area (Å²) in [7, 11) is -3.59. The third kappa shape index (κ3) is 3.50. The first-order valence-electron chi connectivity index (χ1n) is 6.02. The third-order valence-corrected chi connectivity index (χ3v) is 4.68. The molecule has 0 aliphatic carbocycles. The lowest BCUT2D eigenvalue weighted by molar-refractivity contribution is 0.567. The van der Waals surface area contributed by atoms with Crippen LogP contribution in [0, 0.1) is 0 Å². The number of rotatable bonds is 4. The largest absolute Gasteiger partial charge is 0.399 e. The SMILES string of the molecule is CC(NS(=O)(=O)c1ccc(Cl)cc1)c1cccc(N)c1. The van der Waals surface area contributed by atoms with Gasteiger partial charge in [-0.25, -0.2) is 13.1 Å². The van der Waals surface area contributed by atoms with E-state index in [-0.39, 0.29) is 10.9 Å². The molecule has 0 aliphatic heterocycles. The molecule has 0 amide bonds. The summed E-state index contributed by atoms with van der Waals surface area (Å²) in [4.78, 5) is 0.178. The fourth-order valence-electron chi connectivity index (χ4n) is 1.81. The first-order chi connectivity index (χ1) is 9.38. The van der Waals surface area contributed by atoms with Crippen LogP contribution >= 0.6 is 11.6 Å². The van der Waals surface area contributed by atoms with Crippen molar-refractivity contribution in [3.8, 4) is 0 Å². The fourth-order valence-corrected chi connectivity index (χ4v) is 3.17. The van der Waals surface area contributed by atoms with Gasteiger partial charge in [0, 0.05) is 16.8 Å². The third-order valence-electron chi connectivity index (χ3n) is 2.87. The standard InChI is InChI=1S/C14H15ClN2O2S/c1-10(11-3-2-4-13(16)9-11)17-20(18,19)14-7-5-12(15)6-8-14/h2-10,17H,16H2,1H3. The van der Waals surface area contributed by atoms with Crippen molar-refractivity contribution in [1.29, 1.82) is 0 Å². The van der Waals surface area contributed by atoms with Crippen LogP contribution in [0.4, 0.5) is 5.69 Å². The minimum Gasteiger partial charge on any atom is -0.399 e. The molecule has 6 heteroatoms. The Bertz CT molecular complexity index is 699. The minimum atomic E-state index is -3.59. The van der Waals surface area contributed by atoms with Gasteiger partial charge in [-0.3, -0.25) is 0 Å². The second kappa shape index (κ2) is 5.83. The monoisotopic (exact) mass is 310 g/mol. The van der Waals surface area contributed by atoms with E-state index in [0.29, 0.717) is 10.7 Å². The number of nitrogen functional groups attached to an aromatic ring is 1. The van der Waals surface area contributed by atoms with E-state index in [1.165, 1.54) is 12.1 Å². The highest BCUT2D eigenvalue weighted by molar-refractivity contribution is 7.89. The molecule has 0 saturated carbocycles. The molecule has 0 spiro atoms. The second-order valence-electron chi connectivity index (χ2n) is 4.47. The first-order valence-corrected chi connectivity index (χ1v) is 7.88. The molecule has 0 radical (unpaired) electrons. The van der Waals surface area contributed by atoms with Crippen LogP contribution in [0.2, 0.25) is 5.02 Å². The molecule has 1 unspecified atom stereocenters. The number of nitrogens with one attached hydrogen (secondary N) is 1. The van der Waals surface area contributed by atoms with E-state index < -0.39 is 10.0 Å². The van der Waals surface area contributed by atoms with Crippen molar-refractivity contribution >= 4 is 27.3 Å². The first kappa shape index (κ1) is 14.8. The molecule has 106 valence electrons. The molecule has 0 fully saturated rings. The van der Waals surface area contributed by atoms with Crippen LogP contribution in [-0.2, 0) is 10.0 Å². The van der Waals surface area contributed by atoms with Crippen molar-refractivity contribution in [2.45, 2.75) is 17.9 Å². The Morgan fingerprint density at radius 1 is 1.15 bits per heavy atom. The summed E-state index contributed by atoms with van der Waals surface area (Å²) in [5.41, 5.74) is 7.10. The molecule has 20 heavy (non-hydrogen) atoms. The molecule has 4 nitrogen and oxygen atoms in total. The smallest absolute Gasteiger partial charge is 0.241 e. The molecule has 0 bridgehead atoms. The number of hydrogen-bond donors (Lipinski definition) is 2. The number of hydrogen-bond acceptors (Lipinski definition) is 3. The van der Waals surface area contributed by atoms with Crippen molar-refractivity contribution in [2.75, 3.05) is 5.73 Å². The van der Waals surface area contributed by atoms with Gasteiger partial charge in [0.2, 0.25) is 10.0 Å². The van der Waals surface area contributed by atoms with Gasteiger partial charge in [-0.1, -0.05) is 23.7 Å². The molecule has 0 aliphatic rings. The highest BCUT2D eigenvalue weighted by Gasteiger charge is 2.18. The molecule has 2 aromatic rings. The number of nitrogens with two attached hydrogens (primary N) is 1. The van der Waals surface area contributed by atoms with Crippen LogP contribution in [0.1, 0.15) is 18.5 Å². The summed E-state index contributed by atoms with van der Waals surface area (Å²) in [5.74, 6) is 0. The van der Waals surface area contributed by atoms with E-state index in [0.717, 1.165) is 5.56 Å². The highest BCUT2D eigenvalue weighted by Crippen LogP contribution is 2.19. The lowest BCUT2D eigenvalue weighted by Gasteiger charge is -2.15. The summed E-state index contributed by atoms with van der Waals surface area (Å²) in [6.45, 7) is 1.77. The Labute approximate surface area is 123 Å². The van der Waals surface area contributed by atoms with Gasteiger partial charge in [-0.05, 0) is 48.9 Å². The number of anilines is 1. The van der Waals surface area contributed by atoms with Crippen molar-refractivity contribution in [2.24, 2.45) is 0 Å². The average Bonchev–Trinajstić information content (AvgIpc) is 2.38. The van der Waals surface area contributed by atoms with Gasteiger partial charge in [-0.2, -0.15) is 0 Å². The Kier molecular flexibility index (Phi) is 4.32. The van der Waals surface area contributed by atoms with Gasteiger partial charge < -0.3 is 5.73 Å². The van der Waals surface area contributed by atoms with Crippen LogP contribution < -0.4 is 10.5 Å². The zero-order chi connectivity index (χ0) is 14.8. The summed E-state index contributed by atoms with van der Waals surface area (Å²) >= 11 is 5.75. The van der Waals surface area contributed by atoms with E-state index in [1.807, 2.05) is 6.07 Å². The van der Waals surface area contributed by atoms with Gasteiger partial charge in [0.25, 0.3) is 0 Å². The highest BCUT2D eigenvalue weighted by atomic mass is 35.5. The topological polar surface area (TPSA) is 72.2 Å². The zero-order valence-corrected chi connectivity index (χ0v) is 12.4. The molecule has 2 aromatic carbocycles. The van der Waals surface area contributed by atoms with E-state index in [9.17, 15) is 8.42 Å². The van der Waals surface area contributed by atoms with Gasteiger partial charge >= 0.3 is 0 Å². The van der Waals surface area contributed by atoms with Crippen molar-refractivity contribution in [3.05, 3.63) is 59.1 Å². The molecular formula is C14H15ClN2O2S. The summed E-state index contributed by atoms with van der Waals surface area (Å²) in [6.07, 6.45) is 0. The Hall–Kier alpha value is -1.56. The maximum Gasteiger partial charge on any atom is 0.241 e. The quantitative estimate of drug-likeness (QED) is 0.853. The lowest BCUT2D eigenvalue weighted by atomic mass is 10.1. The van der Waals surface area contributed by atoms with Gasteiger partial charge in [-0.15, -0.1) is 0 Å². The second-order valence-corrected chi connectivity index (χ2v) is 6.62. The fraction of sp³-hybridized carbons (Fsp3) is 0.143. The number of halogens is 1. The van der Waals surface area contributed by atoms with Crippen LogP contribution in [0.25, 0.3) is 0 Å².